The minimum absolute atomic E-state index is 0.0686. The van der Waals surface area contributed by atoms with Crippen molar-refractivity contribution in [3.05, 3.63) is 59.2 Å². The predicted octanol–water partition coefficient (Wildman–Crippen LogP) is 4.35. The van der Waals surface area contributed by atoms with Gasteiger partial charge in [0.25, 0.3) is 5.91 Å². The summed E-state index contributed by atoms with van der Waals surface area (Å²) < 4.78 is 11.0. The minimum atomic E-state index is -0.527. The maximum Gasteiger partial charge on any atom is 0.261 e. The number of amides is 1. The molecule has 4 heteroatoms. The van der Waals surface area contributed by atoms with Crippen molar-refractivity contribution < 1.29 is 14.3 Å². The van der Waals surface area contributed by atoms with Crippen molar-refractivity contribution in [2.24, 2.45) is 0 Å². The summed E-state index contributed by atoms with van der Waals surface area (Å²) in [7, 11) is 1.62. The molecule has 0 radical (unpaired) electrons. The van der Waals surface area contributed by atoms with Crippen molar-refractivity contribution in [1.29, 1.82) is 0 Å². The highest BCUT2D eigenvalue weighted by Gasteiger charge is 2.21. The fourth-order valence-electron chi connectivity index (χ4n) is 2.75. The Morgan fingerprint density at radius 1 is 1.08 bits per heavy atom. The van der Waals surface area contributed by atoms with Gasteiger partial charge in [-0.25, -0.2) is 0 Å². The minimum Gasteiger partial charge on any atom is -0.497 e. The van der Waals surface area contributed by atoms with Gasteiger partial charge >= 0.3 is 0 Å². The van der Waals surface area contributed by atoms with Gasteiger partial charge in [-0.3, -0.25) is 4.79 Å². The number of benzene rings is 2. The normalized spacial score (nSPS) is 13.0. The highest BCUT2D eigenvalue weighted by Crippen LogP contribution is 2.21. The van der Waals surface area contributed by atoms with Crippen LogP contribution in [0.1, 0.15) is 43.0 Å². The van der Waals surface area contributed by atoms with Crippen LogP contribution in [0.4, 0.5) is 0 Å². The van der Waals surface area contributed by atoms with E-state index >= 15 is 0 Å². The van der Waals surface area contributed by atoms with E-state index in [4.69, 9.17) is 9.47 Å². The van der Waals surface area contributed by atoms with Crippen LogP contribution in [-0.2, 0) is 4.79 Å². The largest absolute Gasteiger partial charge is 0.497 e. The lowest BCUT2D eigenvalue weighted by molar-refractivity contribution is -0.128. The second-order valence-electron chi connectivity index (χ2n) is 6.28. The first-order chi connectivity index (χ1) is 11.9. The molecule has 0 heterocycles. The SMILES string of the molecule is CC[C@H](Oc1ccc(OC)cc1)C(=O)N[C@@H](C)c1cc(C)ccc1C. The van der Waals surface area contributed by atoms with Crippen LogP contribution in [-0.4, -0.2) is 19.1 Å². The molecule has 0 unspecified atom stereocenters. The second-order valence-corrected chi connectivity index (χ2v) is 6.28. The number of aryl methyl sites for hydroxylation is 2. The zero-order valence-electron chi connectivity index (χ0n) is 15.6. The van der Waals surface area contributed by atoms with Crippen molar-refractivity contribution in [3.63, 3.8) is 0 Å². The molecular formula is C21H27NO3. The molecule has 2 rings (SSSR count). The molecule has 0 bridgehead atoms. The molecule has 0 saturated heterocycles. The maximum atomic E-state index is 12.6. The molecule has 4 nitrogen and oxygen atoms in total. The molecular weight excluding hydrogens is 314 g/mol. The highest BCUT2D eigenvalue weighted by molar-refractivity contribution is 5.81. The van der Waals surface area contributed by atoms with E-state index < -0.39 is 6.10 Å². The van der Waals surface area contributed by atoms with Crippen molar-refractivity contribution in [2.75, 3.05) is 7.11 Å². The molecule has 1 N–H and O–H groups in total. The molecule has 2 aromatic rings. The summed E-state index contributed by atoms with van der Waals surface area (Å²) in [6.07, 6.45) is 0.0677. The van der Waals surface area contributed by atoms with Crippen molar-refractivity contribution in [2.45, 2.75) is 46.3 Å². The van der Waals surface area contributed by atoms with Crippen LogP contribution in [0.25, 0.3) is 0 Å². The van der Waals surface area contributed by atoms with Gasteiger partial charge in [-0.05, 0) is 62.6 Å². The number of ether oxygens (including phenoxy) is 2. The topological polar surface area (TPSA) is 47.6 Å². The number of rotatable bonds is 7. The van der Waals surface area contributed by atoms with Crippen molar-refractivity contribution in [1.82, 2.24) is 5.32 Å². The van der Waals surface area contributed by atoms with Gasteiger partial charge in [0.05, 0.1) is 13.2 Å². The Labute approximate surface area is 150 Å². The summed E-state index contributed by atoms with van der Waals surface area (Å²) in [6.45, 7) is 8.05. The van der Waals surface area contributed by atoms with Crippen molar-refractivity contribution >= 4 is 5.91 Å². The van der Waals surface area contributed by atoms with Crippen LogP contribution in [0.2, 0.25) is 0 Å². The quantitative estimate of drug-likeness (QED) is 0.814. The zero-order valence-corrected chi connectivity index (χ0v) is 15.6. The lowest BCUT2D eigenvalue weighted by Gasteiger charge is -2.22. The molecule has 2 atom stereocenters. The molecule has 0 saturated carbocycles. The summed E-state index contributed by atoms with van der Waals surface area (Å²) in [5, 5.41) is 3.07. The van der Waals surface area contributed by atoms with E-state index in [0.29, 0.717) is 12.2 Å². The van der Waals surface area contributed by atoms with Crippen LogP contribution in [0.3, 0.4) is 0 Å². The molecule has 0 spiro atoms. The first kappa shape index (κ1) is 18.8. The Morgan fingerprint density at radius 3 is 2.32 bits per heavy atom. The number of carbonyl (C=O) groups is 1. The fraction of sp³-hybridized carbons (Fsp3) is 0.381. The van der Waals surface area contributed by atoms with Gasteiger partial charge in [-0.15, -0.1) is 0 Å². The Kier molecular flexibility index (Phi) is 6.45. The van der Waals surface area contributed by atoms with E-state index in [1.165, 1.54) is 11.1 Å². The maximum absolute atomic E-state index is 12.6. The Bertz CT molecular complexity index is 710. The number of methoxy groups -OCH3 is 1. The lowest BCUT2D eigenvalue weighted by Crippen LogP contribution is -2.39. The van der Waals surface area contributed by atoms with Crippen LogP contribution >= 0.6 is 0 Å². The van der Waals surface area contributed by atoms with Gasteiger partial charge in [-0.2, -0.15) is 0 Å². The van der Waals surface area contributed by atoms with Crippen LogP contribution in [0.5, 0.6) is 11.5 Å². The second kappa shape index (κ2) is 8.56. The highest BCUT2D eigenvalue weighted by atomic mass is 16.5. The fourth-order valence-corrected chi connectivity index (χ4v) is 2.75. The van der Waals surface area contributed by atoms with Crippen LogP contribution in [0.15, 0.2) is 42.5 Å². The molecule has 0 fully saturated rings. The third kappa shape index (κ3) is 4.99. The summed E-state index contributed by atoms with van der Waals surface area (Å²) in [5.74, 6) is 1.31. The predicted molar refractivity (Wildman–Crippen MR) is 100 cm³/mol. The van der Waals surface area contributed by atoms with E-state index in [-0.39, 0.29) is 11.9 Å². The van der Waals surface area contributed by atoms with Crippen LogP contribution in [0, 0.1) is 13.8 Å². The van der Waals surface area contributed by atoms with E-state index in [0.717, 1.165) is 11.3 Å². The zero-order chi connectivity index (χ0) is 18.4. The summed E-state index contributed by atoms with van der Waals surface area (Å²) >= 11 is 0. The average molecular weight is 341 g/mol. The number of hydrogen-bond donors (Lipinski definition) is 1. The van der Waals surface area contributed by atoms with Gasteiger partial charge in [0, 0.05) is 0 Å². The average Bonchev–Trinajstić information content (AvgIpc) is 2.61. The number of hydrogen-bond acceptors (Lipinski definition) is 3. The number of nitrogens with one attached hydrogen (secondary N) is 1. The standard InChI is InChI=1S/C21H27NO3/c1-6-20(25-18-11-9-17(24-5)10-12-18)21(23)22-16(4)19-13-14(2)7-8-15(19)3/h7-13,16,20H,6H2,1-5H3,(H,22,23)/t16-,20-/m0/s1. The summed E-state index contributed by atoms with van der Waals surface area (Å²) in [5.41, 5.74) is 3.48. The smallest absolute Gasteiger partial charge is 0.261 e. The van der Waals surface area contributed by atoms with Gasteiger partial charge in [-0.1, -0.05) is 30.7 Å². The monoisotopic (exact) mass is 341 g/mol. The first-order valence-electron chi connectivity index (χ1n) is 8.62. The number of carbonyl (C=O) groups excluding carboxylic acids is 1. The Hall–Kier alpha value is -2.49. The van der Waals surface area contributed by atoms with Crippen LogP contribution < -0.4 is 14.8 Å². The van der Waals surface area contributed by atoms with Gasteiger partial charge < -0.3 is 14.8 Å². The van der Waals surface area contributed by atoms with E-state index in [1.807, 2.05) is 38.1 Å². The molecule has 0 aliphatic heterocycles. The van der Waals surface area contributed by atoms with E-state index in [1.54, 1.807) is 7.11 Å². The molecule has 25 heavy (non-hydrogen) atoms. The molecule has 134 valence electrons. The summed E-state index contributed by atoms with van der Waals surface area (Å²) in [6, 6.07) is 13.5. The molecule has 0 aromatic heterocycles. The Balaban J connectivity index is 2.04. The van der Waals surface area contributed by atoms with Gasteiger partial charge in [0.15, 0.2) is 6.10 Å². The van der Waals surface area contributed by atoms with E-state index in [2.05, 4.69) is 37.4 Å². The third-order valence-corrected chi connectivity index (χ3v) is 4.26. The molecule has 0 aliphatic carbocycles. The Morgan fingerprint density at radius 2 is 1.72 bits per heavy atom. The molecule has 0 aliphatic rings. The summed E-state index contributed by atoms with van der Waals surface area (Å²) in [4.78, 5) is 12.6. The third-order valence-electron chi connectivity index (χ3n) is 4.26. The van der Waals surface area contributed by atoms with Gasteiger partial charge in [0.2, 0.25) is 0 Å². The lowest BCUT2D eigenvalue weighted by atomic mass is 10.00. The van der Waals surface area contributed by atoms with Gasteiger partial charge in [0.1, 0.15) is 11.5 Å². The molecule has 2 aromatic carbocycles. The van der Waals surface area contributed by atoms with Crippen molar-refractivity contribution in [3.8, 4) is 11.5 Å². The van der Waals surface area contributed by atoms with E-state index in [9.17, 15) is 4.79 Å². The molecule has 1 amide bonds. The first-order valence-corrected chi connectivity index (χ1v) is 8.62.